The Balaban J connectivity index is 1.60. The fourth-order valence-electron chi connectivity index (χ4n) is 5.94. The smallest absolute Gasteiger partial charge is 0.175 e. The molecule has 0 aromatic heterocycles. The average Bonchev–Trinajstić information content (AvgIpc) is 2.90. The quantitative estimate of drug-likeness (QED) is 0.325. The van der Waals surface area contributed by atoms with Crippen LogP contribution in [0.2, 0.25) is 0 Å². The molecular formula is C31H33BrFNO4. The molecule has 0 spiro atoms. The van der Waals surface area contributed by atoms with Gasteiger partial charge in [0.2, 0.25) is 0 Å². The van der Waals surface area contributed by atoms with Crippen molar-refractivity contribution >= 4 is 27.5 Å². The number of halogens is 2. The van der Waals surface area contributed by atoms with Crippen molar-refractivity contribution in [3.8, 4) is 11.5 Å². The van der Waals surface area contributed by atoms with Crippen molar-refractivity contribution in [2.24, 2.45) is 0 Å². The summed E-state index contributed by atoms with van der Waals surface area (Å²) in [4.78, 5) is 29.2. The van der Waals surface area contributed by atoms with E-state index < -0.39 is 5.92 Å². The minimum Gasteiger partial charge on any atom is -0.490 e. The van der Waals surface area contributed by atoms with E-state index in [2.05, 4.69) is 27.8 Å². The maximum atomic E-state index is 13.5. The minimum atomic E-state index is -0.407. The monoisotopic (exact) mass is 581 g/mol. The Labute approximate surface area is 231 Å². The summed E-state index contributed by atoms with van der Waals surface area (Å²) in [5.74, 6) is 0.648. The van der Waals surface area contributed by atoms with Crippen molar-refractivity contribution in [3.63, 3.8) is 0 Å². The van der Waals surface area contributed by atoms with Crippen molar-refractivity contribution < 1.29 is 23.5 Å². The Kier molecular flexibility index (Phi) is 8.03. The topological polar surface area (TPSA) is 55.8 Å². The van der Waals surface area contributed by atoms with Gasteiger partial charge < -0.3 is 14.4 Å². The van der Waals surface area contributed by atoms with Gasteiger partial charge in [0.15, 0.2) is 23.1 Å². The molecule has 0 saturated heterocycles. The number of carbonyl (C=O) groups is 2. The van der Waals surface area contributed by atoms with Crippen molar-refractivity contribution in [2.75, 3.05) is 13.2 Å². The van der Waals surface area contributed by atoms with Gasteiger partial charge in [-0.25, -0.2) is 4.39 Å². The number of benzene rings is 2. The van der Waals surface area contributed by atoms with Crippen LogP contribution in [0.1, 0.15) is 75.8 Å². The van der Waals surface area contributed by atoms with E-state index in [0.29, 0.717) is 35.4 Å². The highest BCUT2D eigenvalue weighted by molar-refractivity contribution is 9.10. The third kappa shape index (κ3) is 5.05. The number of Topliss-reactive ketones (excluding diaryl/α,β-unsaturated/α-hetero) is 2. The maximum Gasteiger partial charge on any atom is 0.175 e. The van der Waals surface area contributed by atoms with Crippen LogP contribution in [-0.4, -0.2) is 29.6 Å². The van der Waals surface area contributed by atoms with Gasteiger partial charge in [0.25, 0.3) is 0 Å². The fourth-order valence-corrected chi connectivity index (χ4v) is 6.51. The van der Waals surface area contributed by atoms with E-state index >= 15 is 0 Å². The van der Waals surface area contributed by atoms with Gasteiger partial charge in [0.1, 0.15) is 12.4 Å². The molecule has 1 aliphatic heterocycles. The second-order valence-corrected chi connectivity index (χ2v) is 10.9. The number of rotatable bonds is 8. The molecule has 38 heavy (non-hydrogen) atoms. The summed E-state index contributed by atoms with van der Waals surface area (Å²) in [7, 11) is 0. The molecule has 1 heterocycles. The number of ether oxygens (including phenoxy) is 2. The predicted molar refractivity (Wildman–Crippen MR) is 148 cm³/mol. The molecule has 0 atom stereocenters. The summed E-state index contributed by atoms with van der Waals surface area (Å²) in [5.41, 5.74) is 5.41. The summed E-state index contributed by atoms with van der Waals surface area (Å²) >= 11 is 3.69. The number of ketones is 2. The Morgan fingerprint density at radius 3 is 2.13 bits per heavy atom. The number of carbonyl (C=O) groups excluding carboxylic acids is 2. The zero-order chi connectivity index (χ0) is 26.8. The summed E-state index contributed by atoms with van der Waals surface area (Å²) in [5, 5.41) is 0. The summed E-state index contributed by atoms with van der Waals surface area (Å²) < 4.78 is 26.2. The molecule has 0 saturated carbocycles. The lowest BCUT2D eigenvalue weighted by Gasteiger charge is -2.44. The summed E-state index contributed by atoms with van der Waals surface area (Å²) in [6.45, 7) is 5.53. The average molecular weight is 583 g/mol. The first-order valence-electron chi connectivity index (χ1n) is 13.6. The largest absolute Gasteiger partial charge is 0.490 e. The Morgan fingerprint density at radius 1 is 0.921 bits per heavy atom. The van der Waals surface area contributed by atoms with E-state index in [9.17, 15) is 14.0 Å². The molecule has 0 radical (unpaired) electrons. The molecule has 2 aromatic rings. The molecule has 0 N–H and O–H groups in total. The van der Waals surface area contributed by atoms with E-state index in [-0.39, 0.29) is 24.0 Å². The maximum absolute atomic E-state index is 13.5. The van der Waals surface area contributed by atoms with Gasteiger partial charge in [-0.15, -0.1) is 0 Å². The second-order valence-electron chi connectivity index (χ2n) is 10.0. The summed E-state index contributed by atoms with van der Waals surface area (Å²) in [6, 6.07) is 10.1. The Bertz CT molecular complexity index is 1270. The van der Waals surface area contributed by atoms with Crippen molar-refractivity contribution in [1.82, 2.24) is 4.90 Å². The predicted octanol–water partition coefficient (Wildman–Crippen LogP) is 7.39. The number of hydrogen-bond acceptors (Lipinski definition) is 5. The Morgan fingerprint density at radius 2 is 1.55 bits per heavy atom. The van der Waals surface area contributed by atoms with Crippen LogP contribution in [0, 0.1) is 5.82 Å². The van der Waals surface area contributed by atoms with Crippen LogP contribution >= 0.6 is 15.9 Å². The van der Waals surface area contributed by atoms with Gasteiger partial charge in [0, 0.05) is 47.8 Å². The van der Waals surface area contributed by atoms with Crippen LogP contribution in [0.3, 0.4) is 0 Å². The first-order chi connectivity index (χ1) is 18.4. The lowest BCUT2D eigenvalue weighted by atomic mass is 9.71. The standard InChI is InChI=1S/C31H33BrFNO4/c1-3-15-34-23-7-5-9-25(35)29(23)28(30-24(34)8-6-10-26(30)36)20-16-22(32)31(27(17-20)37-4-2)38-18-19-11-13-21(33)14-12-19/h11-14,16-17,28H,3-10,15,18H2,1-2H3. The van der Waals surface area contributed by atoms with Crippen molar-refractivity contribution in [2.45, 2.75) is 71.3 Å². The molecule has 5 rings (SSSR count). The van der Waals surface area contributed by atoms with Crippen LogP contribution in [0.4, 0.5) is 4.39 Å². The molecule has 7 heteroatoms. The van der Waals surface area contributed by atoms with Crippen molar-refractivity contribution in [3.05, 3.63) is 80.4 Å². The van der Waals surface area contributed by atoms with Crippen LogP contribution in [0.15, 0.2) is 63.4 Å². The molecular weight excluding hydrogens is 549 g/mol. The molecule has 2 aromatic carbocycles. The van der Waals surface area contributed by atoms with Gasteiger partial charge in [-0.3, -0.25) is 9.59 Å². The number of nitrogens with zero attached hydrogens (tertiary/aromatic N) is 1. The third-order valence-electron chi connectivity index (χ3n) is 7.50. The highest BCUT2D eigenvalue weighted by atomic mass is 79.9. The van der Waals surface area contributed by atoms with Gasteiger partial charge in [-0.2, -0.15) is 0 Å². The minimum absolute atomic E-state index is 0.132. The molecule has 0 fully saturated rings. The van der Waals surface area contributed by atoms with Crippen LogP contribution in [0.5, 0.6) is 11.5 Å². The van der Waals surface area contributed by atoms with Crippen LogP contribution in [0.25, 0.3) is 0 Å². The van der Waals surface area contributed by atoms with E-state index in [1.807, 2.05) is 19.1 Å². The van der Waals surface area contributed by atoms with Crippen LogP contribution < -0.4 is 9.47 Å². The molecule has 0 unspecified atom stereocenters. The molecule has 2 aliphatic carbocycles. The highest BCUT2D eigenvalue weighted by Gasteiger charge is 2.43. The van der Waals surface area contributed by atoms with Crippen LogP contribution in [-0.2, 0) is 16.2 Å². The first-order valence-corrected chi connectivity index (χ1v) is 14.4. The van der Waals surface area contributed by atoms with Gasteiger partial charge in [0.05, 0.1) is 11.1 Å². The molecule has 3 aliphatic rings. The second kappa shape index (κ2) is 11.4. The number of hydrogen-bond donors (Lipinski definition) is 0. The van der Waals surface area contributed by atoms with E-state index in [0.717, 1.165) is 72.3 Å². The normalized spacial score (nSPS) is 18.1. The number of allylic oxidation sites excluding steroid dienone is 4. The van der Waals surface area contributed by atoms with Gasteiger partial charge >= 0.3 is 0 Å². The van der Waals surface area contributed by atoms with E-state index in [4.69, 9.17) is 9.47 Å². The zero-order valence-electron chi connectivity index (χ0n) is 21.9. The van der Waals surface area contributed by atoms with Gasteiger partial charge in [-0.05, 0) is 90.4 Å². The van der Waals surface area contributed by atoms with E-state index in [1.165, 1.54) is 12.1 Å². The molecule has 200 valence electrons. The summed E-state index contributed by atoms with van der Waals surface area (Å²) in [6.07, 6.45) is 5.33. The zero-order valence-corrected chi connectivity index (χ0v) is 23.5. The third-order valence-corrected chi connectivity index (χ3v) is 8.08. The SMILES string of the molecule is CCCN1C2=C(C(=O)CCC2)C(c2cc(Br)c(OCc3ccc(F)cc3)c(OCC)c2)C2=C1CCCC2=O. The molecule has 5 nitrogen and oxygen atoms in total. The fraction of sp³-hybridized carbons (Fsp3) is 0.419. The highest BCUT2D eigenvalue weighted by Crippen LogP contribution is 2.51. The van der Waals surface area contributed by atoms with E-state index in [1.54, 1.807) is 12.1 Å². The van der Waals surface area contributed by atoms with Gasteiger partial charge in [-0.1, -0.05) is 19.1 Å². The van der Waals surface area contributed by atoms with Crippen molar-refractivity contribution in [1.29, 1.82) is 0 Å². The lowest BCUT2D eigenvalue weighted by molar-refractivity contribution is -0.117. The molecule has 0 amide bonds. The lowest BCUT2D eigenvalue weighted by Crippen LogP contribution is -2.39. The first kappa shape index (κ1) is 26.7. The Hall–Kier alpha value is -2.93. The molecule has 0 bridgehead atoms.